The molecule has 0 aromatic heterocycles. The van der Waals surface area contributed by atoms with Gasteiger partial charge in [-0.2, -0.15) is 0 Å². The number of nitrogens with one attached hydrogen (secondary N) is 1. The Morgan fingerprint density at radius 1 is 0.971 bits per heavy atom. The summed E-state index contributed by atoms with van der Waals surface area (Å²) in [6.45, 7) is 6.30. The fraction of sp³-hybridized carbons (Fsp3) is 0.367. The van der Waals surface area contributed by atoms with Gasteiger partial charge in [0.15, 0.2) is 11.6 Å². The number of hydrogen-bond acceptors (Lipinski definition) is 2. The fourth-order valence-electron chi connectivity index (χ4n) is 5.16. The molecular formula is C30H33F2NO2. The van der Waals surface area contributed by atoms with E-state index < -0.39 is 11.6 Å². The first-order valence-electron chi connectivity index (χ1n) is 12.4. The first-order valence-corrected chi connectivity index (χ1v) is 12.4. The van der Waals surface area contributed by atoms with E-state index in [1.807, 2.05) is 18.2 Å². The van der Waals surface area contributed by atoms with Crippen LogP contribution in [0.25, 0.3) is 0 Å². The van der Waals surface area contributed by atoms with E-state index in [1.165, 1.54) is 16.7 Å². The number of carbonyl (C=O) groups excluding carboxylic acids is 1. The van der Waals surface area contributed by atoms with Gasteiger partial charge in [0.05, 0.1) is 5.54 Å². The quantitative estimate of drug-likeness (QED) is 0.369. The highest BCUT2D eigenvalue weighted by molar-refractivity contribution is 5.96. The average molecular weight is 478 g/mol. The summed E-state index contributed by atoms with van der Waals surface area (Å²) in [4.78, 5) is 13.7. The number of rotatable bonds is 8. The minimum Gasteiger partial charge on any atom is -0.486 e. The molecule has 184 valence electrons. The molecule has 1 amide bonds. The number of benzene rings is 3. The van der Waals surface area contributed by atoms with Gasteiger partial charge >= 0.3 is 0 Å². The molecule has 0 atom stereocenters. The van der Waals surface area contributed by atoms with Crippen LogP contribution in [0, 0.1) is 25.5 Å². The lowest BCUT2D eigenvalue weighted by molar-refractivity contribution is 0.0897. The van der Waals surface area contributed by atoms with E-state index in [0.29, 0.717) is 5.56 Å². The van der Waals surface area contributed by atoms with E-state index in [0.717, 1.165) is 67.9 Å². The Labute approximate surface area is 206 Å². The molecule has 0 aliphatic heterocycles. The van der Waals surface area contributed by atoms with Crippen LogP contribution in [0.15, 0.2) is 54.6 Å². The zero-order chi connectivity index (χ0) is 25.0. The number of aryl methyl sites for hydroxylation is 3. The van der Waals surface area contributed by atoms with E-state index in [-0.39, 0.29) is 23.8 Å². The smallest absolute Gasteiger partial charge is 0.252 e. The van der Waals surface area contributed by atoms with Crippen LogP contribution in [-0.2, 0) is 18.6 Å². The van der Waals surface area contributed by atoms with Gasteiger partial charge < -0.3 is 10.1 Å². The van der Waals surface area contributed by atoms with Crippen LogP contribution in [0.3, 0.4) is 0 Å². The Bertz CT molecular complexity index is 1190. The SMILES string of the molecule is CCCc1ccc(COc2cc(F)ccc2F)cc1C(=O)NC1(c2cc(C)cc(C)c2)CCCC1. The number of halogens is 2. The second-order valence-electron chi connectivity index (χ2n) is 9.72. The summed E-state index contributed by atoms with van der Waals surface area (Å²) in [5, 5.41) is 3.41. The van der Waals surface area contributed by atoms with Crippen molar-refractivity contribution >= 4 is 5.91 Å². The van der Waals surface area contributed by atoms with E-state index >= 15 is 0 Å². The van der Waals surface area contributed by atoms with Crippen molar-refractivity contribution in [2.45, 2.75) is 71.4 Å². The molecule has 0 bridgehead atoms. The third-order valence-electron chi connectivity index (χ3n) is 6.81. The van der Waals surface area contributed by atoms with Crippen LogP contribution in [0.1, 0.15) is 77.2 Å². The van der Waals surface area contributed by atoms with Crippen LogP contribution in [0.5, 0.6) is 5.75 Å². The van der Waals surface area contributed by atoms with Gasteiger partial charge in [-0.3, -0.25) is 4.79 Å². The van der Waals surface area contributed by atoms with Crippen LogP contribution in [0.4, 0.5) is 8.78 Å². The summed E-state index contributed by atoms with van der Waals surface area (Å²) in [5.41, 5.74) is 5.48. The topological polar surface area (TPSA) is 38.3 Å². The van der Waals surface area contributed by atoms with Gasteiger partial charge in [0, 0.05) is 11.6 Å². The van der Waals surface area contributed by atoms with Crippen LogP contribution >= 0.6 is 0 Å². The second-order valence-corrected chi connectivity index (χ2v) is 9.72. The molecule has 4 rings (SSSR count). The summed E-state index contributed by atoms with van der Waals surface area (Å²) < 4.78 is 33.0. The largest absolute Gasteiger partial charge is 0.486 e. The van der Waals surface area contributed by atoms with Gasteiger partial charge in [0.25, 0.3) is 5.91 Å². The van der Waals surface area contributed by atoms with Crippen molar-refractivity contribution in [1.82, 2.24) is 5.32 Å². The van der Waals surface area contributed by atoms with Crippen molar-refractivity contribution in [3.05, 3.63) is 99.6 Å². The van der Waals surface area contributed by atoms with E-state index in [4.69, 9.17) is 4.74 Å². The van der Waals surface area contributed by atoms with Gasteiger partial charge in [0.1, 0.15) is 12.4 Å². The lowest BCUT2D eigenvalue weighted by Gasteiger charge is -2.32. The van der Waals surface area contributed by atoms with Crippen molar-refractivity contribution in [2.75, 3.05) is 0 Å². The fourth-order valence-corrected chi connectivity index (χ4v) is 5.16. The van der Waals surface area contributed by atoms with E-state index in [2.05, 4.69) is 44.3 Å². The Balaban J connectivity index is 1.61. The summed E-state index contributed by atoms with van der Waals surface area (Å²) >= 11 is 0. The molecule has 1 saturated carbocycles. The Hall–Kier alpha value is -3.21. The van der Waals surface area contributed by atoms with E-state index in [1.54, 1.807) is 0 Å². The Morgan fingerprint density at radius 3 is 2.37 bits per heavy atom. The maximum Gasteiger partial charge on any atom is 0.252 e. The molecule has 0 spiro atoms. The lowest BCUT2D eigenvalue weighted by atomic mass is 9.85. The number of carbonyl (C=O) groups is 1. The van der Waals surface area contributed by atoms with Gasteiger partial charge in [-0.05, 0) is 68.0 Å². The van der Waals surface area contributed by atoms with Gasteiger partial charge in [-0.25, -0.2) is 8.78 Å². The Kier molecular flexibility index (Phi) is 7.54. The molecule has 0 saturated heterocycles. The highest BCUT2D eigenvalue weighted by Crippen LogP contribution is 2.40. The summed E-state index contributed by atoms with van der Waals surface area (Å²) in [7, 11) is 0. The minimum atomic E-state index is -0.622. The van der Waals surface area contributed by atoms with Gasteiger partial charge in [-0.1, -0.05) is 67.6 Å². The molecule has 3 nitrogen and oxygen atoms in total. The van der Waals surface area contributed by atoms with Crippen molar-refractivity contribution in [3.8, 4) is 5.75 Å². The molecule has 5 heteroatoms. The third kappa shape index (κ3) is 5.72. The highest BCUT2D eigenvalue weighted by Gasteiger charge is 2.37. The molecule has 3 aromatic carbocycles. The predicted octanol–water partition coefficient (Wildman–Crippen LogP) is 7.31. The van der Waals surface area contributed by atoms with Crippen molar-refractivity contribution < 1.29 is 18.3 Å². The molecule has 0 unspecified atom stereocenters. The monoisotopic (exact) mass is 477 g/mol. The molecule has 0 radical (unpaired) electrons. The summed E-state index contributed by atoms with van der Waals surface area (Å²) in [6.07, 6.45) is 5.65. The summed E-state index contributed by atoms with van der Waals surface area (Å²) in [5.74, 6) is -1.43. The van der Waals surface area contributed by atoms with Gasteiger partial charge in [0.2, 0.25) is 0 Å². The molecule has 35 heavy (non-hydrogen) atoms. The third-order valence-corrected chi connectivity index (χ3v) is 6.81. The molecular weight excluding hydrogens is 444 g/mol. The molecule has 3 aromatic rings. The maximum absolute atomic E-state index is 14.0. The molecule has 1 fully saturated rings. The number of ether oxygens (including phenoxy) is 1. The second kappa shape index (κ2) is 10.6. The molecule has 1 aliphatic carbocycles. The molecule has 1 aliphatic rings. The van der Waals surface area contributed by atoms with E-state index in [9.17, 15) is 13.6 Å². The predicted molar refractivity (Wildman–Crippen MR) is 135 cm³/mol. The summed E-state index contributed by atoms with van der Waals surface area (Å²) in [6, 6.07) is 15.3. The first-order chi connectivity index (χ1) is 16.8. The van der Waals surface area contributed by atoms with Crippen molar-refractivity contribution in [3.63, 3.8) is 0 Å². The molecule has 1 N–H and O–H groups in total. The average Bonchev–Trinajstić information content (AvgIpc) is 3.29. The highest BCUT2D eigenvalue weighted by atomic mass is 19.1. The van der Waals surface area contributed by atoms with Crippen LogP contribution in [-0.4, -0.2) is 5.91 Å². The number of amides is 1. The molecule has 0 heterocycles. The van der Waals surface area contributed by atoms with Gasteiger partial charge in [-0.15, -0.1) is 0 Å². The van der Waals surface area contributed by atoms with Crippen LogP contribution in [0.2, 0.25) is 0 Å². The standard InChI is InChI=1S/C30H33F2NO2/c1-4-7-23-9-8-22(19-35-28-18-25(31)10-11-27(28)32)17-26(23)29(34)33-30(12-5-6-13-30)24-15-20(2)14-21(3)16-24/h8-11,14-18H,4-7,12-13,19H2,1-3H3,(H,33,34). The Morgan fingerprint density at radius 2 is 1.69 bits per heavy atom. The normalized spacial score (nSPS) is 14.7. The zero-order valence-corrected chi connectivity index (χ0v) is 20.7. The first kappa shape index (κ1) is 24.9. The van der Waals surface area contributed by atoms with Crippen molar-refractivity contribution in [2.24, 2.45) is 0 Å². The zero-order valence-electron chi connectivity index (χ0n) is 20.7. The number of hydrogen-bond donors (Lipinski definition) is 1. The van der Waals surface area contributed by atoms with Crippen molar-refractivity contribution in [1.29, 1.82) is 0 Å². The minimum absolute atomic E-state index is 0.0370. The maximum atomic E-state index is 14.0. The lowest BCUT2D eigenvalue weighted by Crippen LogP contribution is -2.44. The van der Waals surface area contributed by atoms with Crippen LogP contribution < -0.4 is 10.1 Å².